The predicted molar refractivity (Wildman–Crippen MR) is 74.8 cm³/mol. The Balaban J connectivity index is 1.94. The van der Waals surface area contributed by atoms with Crippen molar-refractivity contribution in [3.8, 4) is 5.75 Å². The molecule has 0 radical (unpaired) electrons. The summed E-state index contributed by atoms with van der Waals surface area (Å²) in [5.74, 6) is -2.33. The molecule has 0 bridgehead atoms. The highest BCUT2D eigenvalue weighted by Crippen LogP contribution is 2.16. The molecule has 2 rings (SSSR count). The number of hydrogen-bond donors (Lipinski definition) is 2. The number of carbonyl (C=O) groups is 1. The lowest BCUT2D eigenvalue weighted by atomic mass is 10.2. The minimum Gasteiger partial charge on any atom is -0.484 e. The van der Waals surface area contributed by atoms with E-state index in [1.807, 2.05) is 6.07 Å². The highest BCUT2D eigenvalue weighted by molar-refractivity contribution is 5.92. The lowest BCUT2D eigenvalue weighted by Crippen LogP contribution is -2.21. The van der Waals surface area contributed by atoms with Crippen molar-refractivity contribution in [1.29, 1.82) is 0 Å². The van der Waals surface area contributed by atoms with Crippen LogP contribution in [0, 0.1) is 11.6 Å². The van der Waals surface area contributed by atoms with Gasteiger partial charge in [-0.05, 0) is 23.8 Å². The van der Waals surface area contributed by atoms with Crippen LogP contribution in [0.15, 0.2) is 42.5 Å². The zero-order chi connectivity index (χ0) is 15.2. The van der Waals surface area contributed by atoms with Crippen molar-refractivity contribution in [2.45, 2.75) is 6.54 Å². The molecule has 0 heterocycles. The molecule has 6 heteroatoms. The Bertz CT molecular complexity index is 647. The highest BCUT2D eigenvalue weighted by atomic mass is 19.2. The molecule has 4 nitrogen and oxygen atoms in total. The van der Waals surface area contributed by atoms with Gasteiger partial charge in [-0.2, -0.15) is 0 Å². The average molecular weight is 292 g/mol. The second kappa shape index (κ2) is 6.81. The van der Waals surface area contributed by atoms with Crippen LogP contribution in [0.5, 0.6) is 5.75 Å². The van der Waals surface area contributed by atoms with Crippen LogP contribution in [0.3, 0.4) is 0 Å². The number of anilines is 1. The third-order valence-electron chi connectivity index (χ3n) is 2.77. The number of para-hydroxylation sites is 1. The lowest BCUT2D eigenvalue weighted by Gasteiger charge is -2.10. The third kappa shape index (κ3) is 4.00. The summed E-state index contributed by atoms with van der Waals surface area (Å²) in [6, 6.07) is 10.2. The van der Waals surface area contributed by atoms with Crippen LogP contribution in [0.25, 0.3) is 0 Å². The van der Waals surface area contributed by atoms with Gasteiger partial charge in [0.15, 0.2) is 18.2 Å². The maximum atomic E-state index is 13.0. The van der Waals surface area contributed by atoms with E-state index in [2.05, 4.69) is 5.32 Å². The molecule has 0 aliphatic rings. The molecule has 1 amide bonds. The monoisotopic (exact) mass is 292 g/mol. The molecule has 0 atom stereocenters. The van der Waals surface area contributed by atoms with Crippen molar-refractivity contribution in [1.82, 2.24) is 0 Å². The Kier molecular flexibility index (Phi) is 4.84. The average Bonchev–Trinajstić information content (AvgIpc) is 2.49. The fraction of sp³-hybridized carbons (Fsp3) is 0.133. The summed E-state index contributed by atoms with van der Waals surface area (Å²) in [7, 11) is 0. The molecule has 0 aliphatic heterocycles. The second-order valence-corrected chi connectivity index (χ2v) is 4.27. The third-order valence-corrected chi connectivity index (χ3v) is 2.77. The number of benzene rings is 2. The molecule has 0 fully saturated rings. The van der Waals surface area contributed by atoms with E-state index in [0.29, 0.717) is 12.2 Å². The molecule has 21 heavy (non-hydrogen) atoms. The number of hydrogen-bond acceptors (Lipinski definition) is 3. The van der Waals surface area contributed by atoms with Gasteiger partial charge in [-0.1, -0.05) is 18.2 Å². The molecule has 2 aromatic carbocycles. The SMILES string of the molecule is NCc1ccccc1NC(=O)COc1ccc(F)c(F)c1. The smallest absolute Gasteiger partial charge is 0.262 e. The van der Waals surface area contributed by atoms with Gasteiger partial charge in [0.05, 0.1) is 0 Å². The van der Waals surface area contributed by atoms with Gasteiger partial charge >= 0.3 is 0 Å². The van der Waals surface area contributed by atoms with Crippen molar-refractivity contribution in [3.05, 3.63) is 59.7 Å². The van der Waals surface area contributed by atoms with E-state index in [1.54, 1.807) is 18.2 Å². The van der Waals surface area contributed by atoms with Crippen LogP contribution in [-0.2, 0) is 11.3 Å². The molecule has 3 N–H and O–H groups in total. The molecule has 110 valence electrons. The van der Waals surface area contributed by atoms with E-state index in [-0.39, 0.29) is 12.4 Å². The van der Waals surface area contributed by atoms with E-state index in [1.165, 1.54) is 6.07 Å². The number of amides is 1. The maximum absolute atomic E-state index is 13.0. The standard InChI is InChI=1S/C15H14F2N2O2/c16-12-6-5-11(7-13(12)17)21-9-15(20)19-14-4-2-1-3-10(14)8-18/h1-7H,8-9,18H2,(H,19,20). The molecule has 0 saturated heterocycles. The number of nitrogens with two attached hydrogens (primary N) is 1. The number of nitrogens with one attached hydrogen (secondary N) is 1. The number of carbonyl (C=O) groups excluding carboxylic acids is 1. The number of rotatable bonds is 5. The minimum absolute atomic E-state index is 0.0798. The van der Waals surface area contributed by atoms with E-state index in [0.717, 1.165) is 17.7 Å². The molecule has 0 saturated carbocycles. The first-order valence-electron chi connectivity index (χ1n) is 6.26. The van der Waals surface area contributed by atoms with E-state index < -0.39 is 17.5 Å². The van der Waals surface area contributed by atoms with Crippen molar-refractivity contribution < 1.29 is 18.3 Å². The van der Waals surface area contributed by atoms with Gasteiger partial charge in [-0.3, -0.25) is 4.79 Å². The predicted octanol–water partition coefficient (Wildman–Crippen LogP) is 2.44. The molecule has 0 spiro atoms. The van der Waals surface area contributed by atoms with Crippen LogP contribution in [0.2, 0.25) is 0 Å². The summed E-state index contributed by atoms with van der Waals surface area (Å²) in [5.41, 5.74) is 6.95. The minimum atomic E-state index is -1.03. The van der Waals surface area contributed by atoms with Gasteiger partial charge in [0.2, 0.25) is 0 Å². The van der Waals surface area contributed by atoms with Gasteiger partial charge in [0.1, 0.15) is 5.75 Å². The molecule has 0 unspecified atom stereocenters. The number of ether oxygens (including phenoxy) is 1. The Morgan fingerprint density at radius 1 is 1.14 bits per heavy atom. The second-order valence-electron chi connectivity index (χ2n) is 4.27. The zero-order valence-corrected chi connectivity index (χ0v) is 11.1. The van der Waals surface area contributed by atoms with Crippen molar-refractivity contribution in [3.63, 3.8) is 0 Å². The molecule has 0 aliphatic carbocycles. The molecule has 0 aromatic heterocycles. The topological polar surface area (TPSA) is 64.3 Å². The van der Waals surface area contributed by atoms with Crippen LogP contribution >= 0.6 is 0 Å². The highest BCUT2D eigenvalue weighted by Gasteiger charge is 2.08. The van der Waals surface area contributed by atoms with Crippen LogP contribution < -0.4 is 15.8 Å². The van der Waals surface area contributed by atoms with Crippen LogP contribution in [0.1, 0.15) is 5.56 Å². The van der Waals surface area contributed by atoms with Crippen molar-refractivity contribution >= 4 is 11.6 Å². The first kappa shape index (κ1) is 14.9. The van der Waals surface area contributed by atoms with Gasteiger partial charge in [0.25, 0.3) is 5.91 Å². The van der Waals surface area contributed by atoms with Gasteiger partial charge in [-0.25, -0.2) is 8.78 Å². The van der Waals surface area contributed by atoms with E-state index >= 15 is 0 Å². The summed E-state index contributed by atoms with van der Waals surface area (Å²) in [6.45, 7) is -0.0234. The summed E-state index contributed by atoms with van der Waals surface area (Å²) in [5, 5.41) is 2.65. The van der Waals surface area contributed by atoms with E-state index in [9.17, 15) is 13.6 Å². The Labute approximate surface area is 120 Å². The fourth-order valence-corrected chi connectivity index (χ4v) is 1.72. The summed E-state index contributed by atoms with van der Waals surface area (Å²) in [4.78, 5) is 11.8. The fourth-order valence-electron chi connectivity index (χ4n) is 1.72. The summed E-state index contributed by atoms with van der Waals surface area (Å²) < 4.78 is 30.8. The van der Waals surface area contributed by atoms with E-state index in [4.69, 9.17) is 10.5 Å². The lowest BCUT2D eigenvalue weighted by molar-refractivity contribution is -0.118. The maximum Gasteiger partial charge on any atom is 0.262 e. The quantitative estimate of drug-likeness (QED) is 0.889. The molecule has 2 aromatic rings. The first-order valence-corrected chi connectivity index (χ1v) is 6.26. The Morgan fingerprint density at radius 3 is 2.62 bits per heavy atom. The first-order chi connectivity index (χ1) is 10.1. The van der Waals surface area contributed by atoms with Crippen molar-refractivity contribution in [2.75, 3.05) is 11.9 Å². The van der Waals surface area contributed by atoms with Gasteiger partial charge < -0.3 is 15.8 Å². The van der Waals surface area contributed by atoms with Crippen LogP contribution in [-0.4, -0.2) is 12.5 Å². The van der Waals surface area contributed by atoms with Crippen LogP contribution in [0.4, 0.5) is 14.5 Å². The van der Waals surface area contributed by atoms with Gasteiger partial charge in [0, 0.05) is 18.3 Å². The Hall–Kier alpha value is -2.47. The normalized spacial score (nSPS) is 10.2. The molecular formula is C15H14F2N2O2. The van der Waals surface area contributed by atoms with Crippen molar-refractivity contribution in [2.24, 2.45) is 5.73 Å². The van der Waals surface area contributed by atoms with Gasteiger partial charge in [-0.15, -0.1) is 0 Å². The summed E-state index contributed by atoms with van der Waals surface area (Å²) >= 11 is 0. The zero-order valence-electron chi connectivity index (χ0n) is 11.1. The Morgan fingerprint density at radius 2 is 1.90 bits per heavy atom. The summed E-state index contributed by atoms with van der Waals surface area (Å²) in [6.07, 6.45) is 0. The largest absolute Gasteiger partial charge is 0.484 e. The number of halogens is 2. The molecular weight excluding hydrogens is 278 g/mol.